The van der Waals surface area contributed by atoms with Crippen LogP contribution in [0.25, 0.3) is 0 Å². The molecule has 0 heterocycles. The van der Waals surface area contributed by atoms with Crippen LogP contribution in [0.5, 0.6) is 0 Å². The molecule has 0 aliphatic rings. The van der Waals surface area contributed by atoms with Crippen molar-refractivity contribution in [3.8, 4) is 12.3 Å². The first-order valence-corrected chi connectivity index (χ1v) is 5.09. The Morgan fingerprint density at radius 2 is 2.25 bits per heavy atom. The van der Waals surface area contributed by atoms with Crippen LogP contribution < -0.4 is 5.32 Å². The molecule has 0 bridgehead atoms. The fourth-order valence-corrected chi connectivity index (χ4v) is 1.37. The lowest BCUT2D eigenvalue weighted by Crippen LogP contribution is -2.39. The molecule has 0 spiro atoms. The second-order valence-corrected chi connectivity index (χ2v) is 3.57. The Labute approximate surface area is 95.7 Å². The van der Waals surface area contributed by atoms with Crippen LogP contribution in [0.4, 0.5) is 0 Å². The third-order valence-corrected chi connectivity index (χ3v) is 2.28. The van der Waals surface area contributed by atoms with Crippen LogP contribution in [0, 0.1) is 24.2 Å². The molecule has 88 valence electrons. The van der Waals surface area contributed by atoms with Crippen molar-refractivity contribution in [1.82, 2.24) is 5.32 Å². The molecule has 0 rings (SSSR count). The first-order valence-electron chi connectivity index (χ1n) is 5.09. The van der Waals surface area contributed by atoms with Gasteiger partial charge in [0.15, 0.2) is 0 Å². The monoisotopic (exact) mass is 223 g/mol. The number of nitrogens with one attached hydrogen (secondary N) is 1. The van der Waals surface area contributed by atoms with E-state index in [0.717, 1.165) is 0 Å². The van der Waals surface area contributed by atoms with Crippen molar-refractivity contribution in [2.45, 2.75) is 19.8 Å². The van der Waals surface area contributed by atoms with Gasteiger partial charge in [0.05, 0.1) is 0 Å². The van der Waals surface area contributed by atoms with E-state index in [1.165, 1.54) is 6.08 Å². The predicted octanol–water partition coefficient (Wildman–Crippen LogP) is 1.04. The molecule has 16 heavy (non-hydrogen) atoms. The number of carboxylic acid groups (broad SMARTS) is 1. The maximum absolute atomic E-state index is 11.6. The van der Waals surface area contributed by atoms with Crippen molar-refractivity contribution < 1.29 is 14.7 Å². The summed E-state index contributed by atoms with van der Waals surface area (Å²) < 4.78 is 0. The number of terminal acetylenes is 1. The van der Waals surface area contributed by atoms with Gasteiger partial charge in [-0.1, -0.05) is 13.0 Å². The van der Waals surface area contributed by atoms with Crippen LogP contribution in [0.15, 0.2) is 12.7 Å². The molecule has 4 nitrogen and oxygen atoms in total. The molecule has 0 saturated heterocycles. The Kier molecular flexibility index (Phi) is 6.69. The molecule has 0 aliphatic heterocycles. The minimum absolute atomic E-state index is 0.268. The number of carboxylic acids is 1. The van der Waals surface area contributed by atoms with E-state index in [0.29, 0.717) is 12.8 Å². The number of hydrogen-bond acceptors (Lipinski definition) is 2. The van der Waals surface area contributed by atoms with E-state index < -0.39 is 17.8 Å². The van der Waals surface area contributed by atoms with Crippen molar-refractivity contribution in [3.05, 3.63) is 12.7 Å². The zero-order chi connectivity index (χ0) is 12.6. The van der Waals surface area contributed by atoms with Gasteiger partial charge in [0.1, 0.15) is 5.92 Å². The third kappa shape index (κ3) is 4.65. The fourth-order valence-electron chi connectivity index (χ4n) is 1.37. The minimum atomic E-state index is -1.12. The van der Waals surface area contributed by atoms with E-state index in [1.807, 2.05) is 0 Å². The van der Waals surface area contributed by atoms with Gasteiger partial charge in [0, 0.05) is 13.0 Å². The van der Waals surface area contributed by atoms with Gasteiger partial charge in [-0.2, -0.15) is 0 Å². The Hall–Kier alpha value is -1.76. The van der Waals surface area contributed by atoms with Gasteiger partial charge in [0.2, 0.25) is 5.91 Å². The molecule has 2 atom stereocenters. The van der Waals surface area contributed by atoms with Gasteiger partial charge in [-0.15, -0.1) is 18.9 Å². The topological polar surface area (TPSA) is 66.4 Å². The van der Waals surface area contributed by atoms with E-state index in [2.05, 4.69) is 17.8 Å². The summed E-state index contributed by atoms with van der Waals surface area (Å²) in [6.45, 7) is 5.42. The van der Waals surface area contributed by atoms with Crippen LogP contribution in [-0.4, -0.2) is 23.5 Å². The number of hydrogen-bond donors (Lipinski definition) is 2. The summed E-state index contributed by atoms with van der Waals surface area (Å²) in [6, 6.07) is 0. The SMILES string of the molecule is C#CCC[C@H](C)C(C(=O)O)C(=O)NCC=C. The van der Waals surface area contributed by atoms with Crippen molar-refractivity contribution in [1.29, 1.82) is 0 Å². The molecule has 0 fully saturated rings. The lowest BCUT2D eigenvalue weighted by Gasteiger charge is -2.18. The summed E-state index contributed by atoms with van der Waals surface area (Å²) in [5.41, 5.74) is 0. The van der Waals surface area contributed by atoms with E-state index in [1.54, 1.807) is 6.92 Å². The van der Waals surface area contributed by atoms with Crippen LogP contribution in [0.1, 0.15) is 19.8 Å². The number of amides is 1. The molecule has 0 aromatic carbocycles. The van der Waals surface area contributed by atoms with Gasteiger partial charge in [-0.25, -0.2) is 0 Å². The van der Waals surface area contributed by atoms with Crippen molar-refractivity contribution in [2.75, 3.05) is 6.54 Å². The first-order chi connectivity index (χ1) is 7.54. The number of carbonyl (C=O) groups is 2. The molecule has 0 aromatic rings. The smallest absolute Gasteiger partial charge is 0.316 e. The lowest BCUT2D eigenvalue weighted by molar-refractivity contribution is -0.149. The summed E-state index contributed by atoms with van der Waals surface area (Å²) in [4.78, 5) is 22.5. The highest BCUT2D eigenvalue weighted by molar-refractivity contribution is 5.97. The highest BCUT2D eigenvalue weighted by atomic mass is 16.4. The first kappa shape index (κ1) is 14.2. The Morgan fingerprint density at radius 1 is 1.62 bits per heavy atom. The van der Waals surface area contributed by atoms with Crippen LogP contribution >= 0.6 is 0 Å². The van der Waals surface area contributed by atoms with Gasteiger partial charge >= 0.3 is 5.97 Å². The molecule has 0 aromatic heterocycles. The number of aliphatic carboxylic acids is 1. The lowest BCUT2D eigenvalue weighted by atomic mass is 9.89. The largest absolute Gasteiger partial charge is 0.481 e. The molecule has 1 amide bonds. The minimum Gasteiger partial charge on any atom is -0.481 e. The highest BCUT2D eigenvalue weighted by Crippen LogP contribution is 2.17. The average molecular weight is 223 g/mol. The Morgan fingerprint density at radius 3 is 2.69 bits per heavy atom. The van der Waals surface area contributed by atoms with Crippen molar-refractivity contribution in [2.24, 2.45) is 11.8 Å². The standard InChI is InChI=1S/C12H17NO3/c1-4-6-7-9(3)10(12(15)16)11(14)13-8-5-2/h1,5,9-10H,2,6-8H2,3H3,(H,13,14)(H,15,16)/t9-,10?/m0/s1. The van der Waals surface area contributed by atoms with E-state index in [4.69, 9.17) is 11.5 Å². The van der Waals surface area contributed by atoms with Crippen LogP contribution in [0.3, 0.4) is 0 Å². The summed E-state index contributed by atoms with van der Waals surface area (Å²) in [6.07, 6.45) is 7.60. The maximum atomic E-state index is 11.6. The molecule has 0 aliphatic carbocycles. The quantitative estimate of drug-likeness (QED) is 0.385. The zero-order valence-electron chi connectivity index (χ0n) is 9.40. The molecular formula is C12H17NO3. The second-order valence-electron chi connectivity index (χ2n) is 3.57. The molecule has 1 unspecified atom stereocenters. The predicted molar refractivity (Wildman–Crippen MR) is 61.6 cm³/mol. The summed E-state index contributed by atoms with van der Waals surface area (Å²) in [5.74, 6) is -0.502. The molecule has 4 heteroatoms. The van der Waals surface area contributed by atoms with Gasteiger partial charge in [-0.3, -0.25) is 9.59 Å². The van der Waals surface area contributed by atoms with Crippen molar-refractivity contribution >= 4 is 11.9 Å². The molecule has 0 radical (unpaired) electrons. The Bertz CT molecular complexity index is 304. The second kappa shape index (κ2) is 7.52. The van der Waals surface area contributed by atoms with Gasteiger partial charge in [0.25, 0.3) is 0 Å². The summed E-state index contributed by atoms with van der Waals surface area (Å²) >= 11 is 0. The van der Waals surface area contributed by atoms with Crippen LogP contribution in [0.2, 0.25) is 0 Å². The van der Waals surface area contributed by atoms with Crippen molar-refractivity contribution in [3.63, 3.8) is 0 Å². The Balaban J connectivity index is 4.47. The summed E-state index contributed by atoms with van der Waals surface area (Å²) in [7, 11) is 0. The van der Waals surface area contributed by atoms with E-state index in [-0.39, 0.29) is 12.5 Å². The maximum Gasteiger partial charge on any atom is 0.316 e. The third-order valence-electron chi connectivity index (χ3n) is 2.28. The van der Waals surface area contributed by atoms with Crippen LogP contribution in [-0.2, 0) is 9.59 Å². The zero-order valence-corrected chi connectivity index (χ0v) is 9.40. The molecule has 0 saturated carbocycles. The normalized spacial score (nSPS) is 13.2. The van der Waals surface area contributed by atoms with Gasteiger partial charge < -0.3 is 10.4 Å². The number of carbonyl (C=O) groups excluding carboxylic acids is 1. The van der Waals surface area contributed by atoms with E-state index >= 15 is 0 Å². The molecular weight excluding hydrogens is 206 g/mol. The van der Waals surface area contributed by atoms with E-state index in [9.17, 15) is 9.59 Å². The fraction of sp³-hybridized carbons (Fsp3) is 0.500. The molecule has 2 N–H and O–H groups in total. The summed E-state index contributed by atoms with van der Waals surface area (Å²) in [5, 5.41) is 11.5. The number of rotatable bonds is 7. The van der Waals surface area contributed by atoms with Gasteiger partial charge in [-0.05, 0) is 12.3 Å². The highest BCUT2D eigenvalue weighted by Gasteiger charge is 2.31. The average Bonchev–Trinajstić information content (AvgIpc) is 2.23.